The summed E-state index contributed by atoms with van der Waals surface area (Å²) in [5.74, 6) is 0.775. The smallest absolute Gasteiger partial charge is 0.332 e. The van der Waals surface area contributed by atoms with E-state index >= 15 is 0 Å². The molecule has 0 aliphatic heterocycles. The molecule has 18 heavy (non-hydrogen) atoms. The van der Waals surface area contributed by atoms with Gasteiger partial charge in [-0.25, -0.2) is 4.79 Å². The molecule has 0 radical (unpaired) electrons. The summed E-state index contributed by atoms with van der Waals surface area (Å²) in [6.45, 7) is 0. The molecule has 0 atom stereocenters. The van der Waals surface area contributed by atoms with Crippen molar-refractivity contribution in [3.8, 4) is 11.4 Å². The van der Waals surface area contributed by atoms with E-state index in [0.717, 1.165) is 12.9 Å². The van der Waals surface area contributed by atoms with Gasteiger partial charge in [-0.1, -0.05) is 0 Å². The van der Waals surface area contributed by atoms with Crippen molar-refractivity contribution in [2.75, 3.05) is 7.11 Å². The lowest BCUT2D eigenvalue weighted by atomic mass is 10.3. The van der Waals surface area contributed by atoms with Gasteiger partial charge in [-0.15, -0.1) is 0 Å². The van der Waals surface area contributed by atoms with Crippen LogP contribution in [0.5, 0.6) is 5.75 Å². The molecule has 0 unspecified atom stereocenters. The summed E-state index contributed by atoms with van der Waals surface area (Å²) < 4.78 is 8.43. The molecule has 1 aromatic heterocycles. The summed E-state index contributed by atoms with van der Waals surface area (Å²) in [6.07, 6.45) is 1.45. The lowest BCUT2D eigenvalue weighted by molar-refractivity contribution is 0.408. The Morgan fingerprint density at radius 2 is 1.83 bits per heavy atom. The minimum Gasteiger partial charge on any atom is -0.495 e. The highest BCUT2D eigenvalue weighted by Gasteiger charge is 2.09. The van der Waals surface area contributed by atoms with Gasteiger partial charge in [0.1, 0.15) is 5.75 Å². The minimum atomic E-state index is -0.459. The predicted molar refractivity (Wildman–Crippen MR) is 84.6 cm³/mol. The zero-order valence-electron chi connectivity index (χ0n) is 9.24. The van der Waals surface area contributed by atoms with Crippen LogP contribution in [-0.4, -0.2) is 16.7 Å². The SMILES string of the molecule is COc1c(I)cc(-n2ccc(=O)[nH]c2=O)cc1I. The van der Waals surface area contributed by atoms with Gasteiger partial charge >= 0.3 is 5.69 Å². The number of nitrogens with one attached hydrogen (secondary N) is 1. The Morgan fingerprint density at radius 3 is 2.33 bits per heavy atom. The van der Waals surface area contributed by atoms with Crippen molar-refractivity contribution >= 4 is 45.2 Å². The topological polar surface area (TPSA) is 64.1 Å². The Kier molecular flexibility index (Phi) is 4.10. The third-order valence-corrected chi connectivity index (χ3v) is 3.89. The first-order valence-electron chi connectivity index (χ1n) is 4.88. The number of nitrogens with zero attached hydrogens (tertiary/aromatic N) is 1. The fraction of sp³-hybridized carbons (Fsp3) is 0.0909. The van der Waals surface area contributed by atoms with E-state index in [9.17, 15) is 9.59 Å². The molecule has 5 nitrogen and oxygen atoms in total. The fourth-order valence-corrected chi connectivity index (χ4v) is 3.68. The third-order valence-electron chi connectivity index (χ3n) is 2.29. The van der Waals surface area contributed by atoms with Crippen LogP contribution < -0.4 is 16.0 Å². The lowest BCUT2D eigenvalue weighted by Crippen LogP contribution is -2.27. The summed E-state index contributed by atoms with van der Waals surface area (Å²) >= 11 is 4.28. The molecular weight excluding hydrogens is 462 g/mol. The van der Waals surface area contributed by atoms with Crippen molar-refractivity contribution in [2.24, 2.45) is 0 Å². The summed E-state index contributed by atoms with van der Waals surface area (Å²) in [5.41, 5.74) is -0.181. The Bertz CT molecular complexity index is 683. The van der Waals surface area contributed by atoms with E-state index in [4.69, 9.17) is 4.74 Å². The average molecular weight is 470 g/mol. The molecule has 0 aliphatic carbocycles. The quantitative estimate of drug-likeness (QED) is 0.681. The molecule has 0 bridgehead atoms. The maximum atomic E-state index is 11.7. The van der Waals surface area contributed by atoms with E-state index in [0.29, 0.717) is 5.69 Å². The van der Waals surface area contributed by atoms with Gasteiger partial charge in [0.2, 0.25) is 0 Å². The molecule has 7 heteroatoms. The molecule has 0 aliphatic rings. The summed E-state index contributed by atoms with van der Waals surface area (Å²) in [6, 6.07) is 4.95. The van der Waals surface area contributed by atoms with Gasteiger partial charge in [0.05, 0.1) is 19.9 Å². The number of benzene rings is 1. The highest BCUT2D eigenvalue weighted by atomic mass is 127. The molecule has 0 saturated heterocycles. The van der Waals surface area contributed by atoms with Crippen LogP contribution in [0.1, 0.15) is 0 Å². The summed E-state index contributed by atoms with van der Waals surface area (Å²) in [4.78, 5) is 24.9. The third kappa shape index (κ3) is 2.60. The predicted octanol–water partition coefficient (Wildman–Crippen LogP) is 1.74. The van der Waals surface area contributed by atoms with E-state index in [1.807, 2.05) is 12.1 Å². The van der Waals surface area contributed by atoms with Crippen molar-refractivity contribution in [1.82, 2.24) is 9.55 Å². The molecular formula is C11H8I2N2O3. The van der Waals surface area contributed by atoms with Crippen LogP contribution in [0.15, 0.2) is 34.0 Å². The van der Waals surface area contributed by atoms with E-state index in [2.05, 4.69) is 50.2 Å². The number of aromatic amines is 1. The van der Waals surface area contributed by atoms with Crippen LogP contribution in [0.3, 0.4) is 0 Å². The maximum absolute atomic E-state index is 11.7. The number of halogens is 2. The van der Waals surface area contributed by atoms with Crippen molar-refractivity contribution in [3.05, 3.63) is 52.4 Å². The van der Waals surface area contributed by atoms with Gasteiger partial charge in [-0.2, -0.15) is 0 Å². The van der Waals surface area contributed by atoms with Gasteiger partial charge in [0, 0.05) is 12.3 Å². The van der Waals surface area contributed by atoms with E-state index in [1.54, 1.807) is 7.11 Å². The van der Waals surface area contributed by atoms with Crippen molar-refractivity contribution in [1.29, 1.82) is 0 Å². The molecule has 0 spiro atoms. The molecule has 1 heterocycles. The second-order valence-corrected chi connectivity index (χ2v) is 5.75. The van der Waals surface area contributed by atoms with Crippen molar-refractivity contribution in [3.63, 3.8) is 0 Å². The number of ether oxygens (including phenoxy) is 1. The molecule has 0 saturated carbocycles. The Hall–Kier alpha value is -0.840. The monoisotopic (exact) mass is 470 g/mol. The van der Waals surface area contributed by atoms with Crippen LogP contribution >= 0.6 is 45.2 Å². The largest absolute Gasteiger partial charge is 0.495 e. The number of hydrogen-bond acceptors (Lipinski definition) is 3. The van der Waals surface area contributed by atoms with E-state index < -0.39 is 11.2 Å². The molecule has 0 amide bonds. The number of aromatic nitrogens is 2. The van der Waals surface area contributed by atoms with Crippen LogP contribution in [0, 0.1) is 7.14 Å². The molecule has 1 aromatic carbocycles. The molecule has 1 N–H and O–H groups in total. The second-order valence-electron chi connectivity index (χ2n) is 3.42. The summed E-state index contributed by atoms with van der Waals surface area (Å²) in [5, 5.41) is 0. The van der Waals surface area contributed by atoms with E-state index in [1.165, 1.54) is 16.8 Å². The lowest BCUT2D eigenvalue weighted by Gasteiger charge is -2.10. The van der Waals surface area contributed by atoms with Gasteiger partial charge in [-0.3, -0.25) is 14.3 Å². The zero-order valence-corrected chi connectivity index (χ0v) is 13.6. The first kappa shape index (κ1) is 13.6. The van der Waals surface area contributed by atoms with Crippen LogP contribution in [0.25, 0.3) is 5.69 Å². The molecule has 2 aromatic rings. The normalized spacial score (nSPS) is 10.4. The number of methoxy groups -OCH3 is 1. The van der Waals surface area contributed by atoms with Gasteiger partial charge in [0.15, 0.2) is 0 Å². The van der Waals surface area contributed by atoms with Crippen molar-refractivity contribution < 1.29 is 4.74 Å². The van der Waals surface area contributed by atoms with Crippen LogP contribution in [-0.2, 0) is 0 Å². The first-order valence-corrected chi connectivity index (χ1v) is 7.04. The average Bonchev–Trinajstić information content (AvgIpc) is 2.28. The Labute approximate surface area is 129 Å². The molecule has 2 rings (SSSR count). The molecule has 94 valence electrons. The number of hydrogen-bond donors (Lipinski definition) is 1. The number of rotatable bonds is 2. The van der Waals surface area contributed by atoms with Crippen LogP contribution in [0.4, 0.5) is 0 Å². The van der Waals surface area contributed by atoms with Gasteiger partial charge in [-0.05, 0) is 57.3 Å². The number of H-pyrrole nitrogens is 1. The highest BCUT2D eigenvalue weighted by Crippen LogP contribution is 2.29. The Morgan fingerprint density at radius 1 is 1.22 bits per heavy atom. The second kappa shape index (κ2) is 5.43. The molecule has 0 fully saturated rings. The van der Waals surface area contributed by atoms with Gasteiger partial charge < -0.3 is 4.74 Å². The fourth-order valence-electron chi connectivity index (χ4n) is 1.50. The van der Waals surface area contributed by atoms with Crippen LogP contribution in [0.2, 0.25) is 0 Å². The zero-order chi connectivity index (χ0) is 13.3. The highest BCUT2D eigenvalue weighted by molar-refractivity contribution is 14.1. The summed E-state index contributed by atoms with van der Waals surface area (Å²) in [7, 11) is 1.60. The first-order chi connectivity index (χ1) is 8.52. The van der Waals surface area contributed by atoms with Gasteiger partial charge in [0.25, 0.3) is 5.56 Å². The maximum Gasteiger partial charge on any atom is 0.332 e. The van der Waals surface area contributed by atoms with E-state index in [-0.39, 0.29) is 0 Å². The standard InChI is InChI=1S/C11H8I2N2O3/c1-18-10-7(12)4-6(5-8(10)13)15-3-2-9(16)14-11(15)17/h2-5H,1H3,(H,14,16,17). The minimum absolute atomic E-state index is 0.408. The Balaban J connectivity index is 2.65. The van der Waals surface area contributed by atoms with Crippen molar-refractivity contribution in [2.45, 2.75) is 0 Å².